The van der Waals surface area contributed by atoms with Crippen LogP contribution < -0.4 is 10.6 Å². The molecule has 0 saturated heterocycles. The van der Waals surface area contributed by atoms with Gasteiger partial charge in [0.1, 0.15) is 0 Å². The first-order valence-electron chi connectivity index (χ1n) is 7.30. The molecule has 0 aliphatic carbocycles. The van der Waals surface area contributed by atoms with E-state index in [4.69, 9.17) is 10.5 Å². The molecule has 0 aliphatic rings. The lowest BCUT2D eigenvalue weighted by Crippen LogP contribution is -2.35. The van der Waals surface area contributed by atoms with Gasteiger partial charge >= 0.3 is 5.97 Å². The Labute approximate surface area is 121 Å². The van der Waals surface area contributed by atoms with Gasteiger partial charge < -0.3 is 15.4 Å². The molecule has 0 amide bonds. The van der Waals surface area contributed by atoms with E-state index in [0.29, 0.717) is 17.3 Å². The van der Waals surface area contributed by atoms with Crippen molar-refractivity contribution < 1.29 is 9.53 Å². The molecule has 0 bridgehead atoms. The summed E-state index contributed by atoms with van der Waals surface area (Å²) in [7, 11) is 1.40. The van der Waals surface area contributed by atoms with Gasteiger partial charge in [0.15, 0.2) is 0 Å². The highest BCUT2D eigenvalue weighted by Gasteiger charge is 2.22. The monoisotopic (exact) mass is 278 g/mol. The predicted molar refractivity (Wildman–Crippen MR) is 84.2 cm³/mol. The van der Waals surface area contributed by atoms with Crippen LogP contribution in [0.5, 0.6) is 0 Å². The van der Waals surface area contributed by atoms with E-state index in [0.717, 1.165) is 31.5 Å². The molecule has 1 unspecified atom stereocenters. The van der Waals surface area contributed by atoms with Gasteiger partial charge in [0.05, 0.1) is 24.0 Å². The van der Waals surface area contributed by atoms with Gasteiger partial charge in [0, 0.05) is 12.6 Å². The van der Waals surface area contributed by atoms with Gasteiger partial charge in [-0.25, -0.2) is 4.79 Å². The number of para-hydroxylation sites is 1. The number of nitrogens with zero attached hydrogens (tertiary/aromatic N) is 1. The fourth-order valence-corrected chi connectivity index (χ4v) is 2.26. The van der Waals surface area contributed by atoms with Gasteiger partial charge in [0.2, 0.25) is 0 Å². The molecule has 0 heterocycles. The zero-order valence-electron chi connectivity index (χ0n) is 13.0. The van der Waals surface area contributed by atoms with E-state index in [1.54, 1.807) is 12.1 Å². The number of hydrogen-bond acceptors (Lipinski definition) is 4. The molecule has 1 aromatic carbocycles. The van der Waals surface area contributed by atoms with Gasteiger partial charge in [0.25, 0.3) is 0 Å². The van der Waals surface area contributed by atoms with Crippen molar-refractivity contribution in [2.24, 2.45) is 0 Å². The molecule has 0 fully saturated rings. The molecule has 0 spiro atoms. The van der Waals surface area contributed by atoms with Crippen LogP contribution in [0.2, 0.25) is 0 Å². The number of anilines is 2. The van der Waals surface area contributed by atoms with Crippen molar-refractivity contribution in [3.63, 3.8) is 0 Å². The number of carbonyl (C=O) groups excluding carboxylic acids is 1. The summed E-state index contributed by atoms with van der Waals surface area (Å²) in [4.78, 5) is 14.2. The summed E-state index contributed by atoms with van der Waals surface area (Å²) in [5.41, 5.74) is 8.11. The van der Waals surface area contributed by atoms with E-state index in [1.807, 2.05) is 6.07 Å². The SMILES string of the molecule is CCCCN(c1c(N)cccc1C(=O)OC)C(C)CC. The standard InChI is InChI=1S/C16H26N2O2/c1-5-7-11-18(12(3)6-2)15-13(16(19)20-4)9-8-10-14(15)17/h8-10,12H,5-7,11,17H2,1-4H3. The van der Waals surface area contributed by atoms with Crippen LogP contribution in [0, 0.1) is 0 Å². The number of nitrogen functional groups attached to an aromatic ring is 1. The van der Waals surface area contributed by atoms with E-state index >= 15 is 0 Å². The van der Waals surface area contributed by atoms with Crippen molar-refractivity contribution in [3.05, 3.63) is 23.8 Å². The van der Waals surface area contributed by atoms with Gasteiger partial charge in [-0.05, 0) is 31.9 Å². The molecule has 0 aromatic heterocycles. The first-order chi connectivity index (χ1) is 9.56. The third-order valence-corrected chi connectivity index (χ3v) is 3.64. The molecule has 0 radical (unpaired) electrons. The summed E-state index contributed by atoms with van der Waals surface area (Å²) in [5, 5.41) is 0. The smallest absolute Gasteiger partial charge is 0.340 e. The Bertz CT molecular complexity index is 446. The molecule has 4 nitrogen and oxygen atoms in total. The number of nitrogens with two attached hydrogens (primary N) is 1. The molecule has 1 rings (SSSR count). The second-order valence-corrected chi connectivity index (χ2v) is 5.04. The summed E-state index contributed by atoms with van der Waals surface area (Å²) in [6, 6.07) is 5.73. The van der Waals surface area contributed by atoms with Crippen LogP contribution in [0.15, 0.2) is 18.2 Å². The summed E-state index contributed by atoms with van der Waals surface area (Å²) >= 11 is 0. The predicted octanol–water partition coefficient (Wildman–Crippen LogP) is 3.46. The lowest BCUT2D eigenvalue weighted by Gasteiger charge is -2.33. The first kappa shape index (κ1) is 16.3. The normalized spacial score (nSPS) is 12.0. The summed E-state index contributed by atoms with van der Waals surface area (Å²) in [5.74, 6) is -0.336. The molecular weight excluding hydrogens is 252 g/mol. The molecular formula is C16H26N2O2. The number of carbonyl (C=O) groups is 1. The number of ether oxygens (including phenoxy) is 1. The maximum atomic E-state index is 12.0. The van der Waals surface area contributed by atoms with Crippen LogP contribution in [0.3, 0.4) is 0 Å². The van der Waals surface area contributed by atoms with Crippen molar-refractivity contribution >= 4 is 17.3 Å². The lowest BCUT2D eigenvalue weighted by atomic mass is 10.1. The minimum Gasteiger partial charge on any atom is -0.465 e. The Balaban J connectivity index is 3.26. The number of unbranched alkanes of at least 4 members (excludes halogenated alkanes) is 1. The highest BCUT2D eigenvalue weighted by molar-refractivity contribution is 5.99. The van der Waals surface area contributed by atoms with Crippen LogP contribution >= 0.6 is 0 Å². The van der Waals surface area contributed by atoms with E-state index in [2.05, 4.69) is 25.7 Å². The van der Waals surface area contributed by atoms with Crippen LogP contribution in [0.1, 0.15) is 50.4 Å². The molecule has 2 N–H and O–H groups in total. The maximum Gasteiger partial charge on any atom is 0.340 e. The highest BCUT2D eigenvalue weighted by atomic mass is 16.5. The fraction of sp³-hybridized carbons (Fsp3) is 0.562. The van der Waals surface area contributed by atoms with Crippen molar-refractivity contribution in [1.29, 1.82) is 0 Å². The van der Waals surface area contributed by atoms with E-state index < -0.39 is 0 Å². The minimum absolute atomic E-state index is 0.328. The van der Waals surface area contributed by atoms with Crippen LogP contribution in [0.4, 0.5) is 11.4 Å². The Morgan fingerprint density at radius 3 is 2.65 bits per heavy atom. The second-order valence-electron chi connectivity index (χ2n) is 5.04. The third-order valence-electron chi connectivity index (χ3n) is 3.64. The Hall–Kier alpha value is -1.71. The van der Waals surface area contributed by atoms with Crippen LogP contribution in [0.25, 0.3) is 0 Å². The van der Waals surface area contributed by atoms with Gasteiger partial charge in [-0.3, -0.25) is 0 Å². The van der Waals surface area contributed by atoms with Crippen molar-refractivity contribution in [1.82, 2.24) is 0 Å². The largest absolute Gasteiger partial charge is 0.465 e. The maximum absolute atomic E-state index is 12.0. The van der Waals surface area contributed by atoms with E-state index in [1.165, 1.54) is 7.11 Å². The Morgan fingerprint density at radius 2 is 2.10 bits per heavy atom. The quantitative estimate of drug-likeness (QED) is 0.613. The van der Waals surface area contributed by atoms with Gasteiger partial charge in [-0.15, -0.1) is 0 Å². The fourth-order valence-electron chi connectivity index (χ4n) is 2.26. The molecule has 112 valence electrons. The lowest BCUT2D eigenvalue weighted by molar-refractivity contribution is 0.0601. The zero-order valence-corrected chi connectivity index (χ0v) is 13.0. The summed E-state index contributed by atoms with van der Waals surface area (Å²) < 4.78 is 4.88. The summed E-state index contributed by atoms with van der Waals surface area (Å²) in [6.45, 7) is 7.35. The average Bonchev–Trinajstić information content (AvgIpc) is 2.47. The zero-order chi connectivity index (χ0) is 15.1. The van der Waals surface area contributed by atoms with E-state index in [-0.39, 0.29) is 5.97 Å². The third kappa shape index (κ3) is 3.65. The molecule has 1 aromatic rings. The number of hydrogen-bond donors (Lipinski definition) is 1. The first-order valence-corrected chi connectivity index (χ1v) is 7.30. The van der Waals surface area contributed by atoms with Crippen molar-refractivity contribution in [2.75, 3.05) is 24.3 Å². The molecule has 20 heavy (non-hydrogen) atoms. The second kappa shape index (κ2) is 7.78. The number of esters is 1. The number of benzene rings is 1. The summed E-state index contributed by atoms with van der Waals surface area (Å²) in [6.07, 6.45) is 3.17. The van der Waals surface area contributed by atoms with Crippen molar-refractivity contribution in [2.45, 2.75) is 46.1 Å². The number of rotatable bonds is 7. The molecule has 4 heteroatoms. The van der Waals surface area contributed by atoms with E-state index in [9.17, 15) is 4.79 Å². The van der Waals surface area contributed by atoms with Gasteiger partial charge in [-0.2, -0.15) is 0 Å². The van der Waals surface area contributed by atoms with Crippen LogP contribution in [-0.4, -0.2) is 25.7 Å². The molecule has 1 atom stereocenters. The average molecular weight is 278 g/mol. The topological polar surface area (TPSA) is 55.6 Å². The van der Waals surface area contributed by atoms with Crippen LogP contribution in [-0.2, 0) is 4.74 Å². The Morgan fingerprint density at radius 1 is 1.40 bits per heavy atom. The molecule has 0 aliphatic heterocycles. The molecule has 0 saturated carbocycles. The number of methoxy groups -OCH3 is 1. The minimum atomic E-state index is -0.336. The Kier molecular flexibility index (Phi) is 6.36. The van der Waals surface area contributed by atoms with Gasteiger partial charge in [-0.1, -0.05) is 26.3 Å². The van der Waals surface area contributed by atoms with Crippen molar-refractivity contribution in [3.8, 4) is 0 Å². The highest BCUT2D eigenvalue weighted by Crippen LogP contribution is 2.31.